The van der Waals surface area contributed by atoms with E-state index in [0.29, 0.717) is 8.95 Å². The van der Waals surface area contributed by atoms with Gasteiger partial charge in [0.25, 0.3) is 0 Å². The van der Waals surface area contributed by atoms with E-state index in [9.17, 15) is 10.2 Å². The average Bonchev–Trinajstić information content (AvgIpc) is 2.88. The predicted molar refractivity (Wildman–Crippen MR) is 154 cm³/mol. The van der Waals surface area contributed by atoms with Crippen LogP contribution in [0.1, 0.15) is 11.1 Å². The van der Waals surface area contributed by atoms with E-state index in [0.717, 1.165) is 55.9 Å². The Morgan fingerprint density at radius 1 is 0.500 bits per heavy atom. The number of halogens is 2. The lowest BCUT2D eigenvalue weighted by Crippen LogP contribution is -1.93. The highest BCUT2D eigenvalue weighted by molar-refractivity contribution is 9.11. The van der Waals surface area contributed by atoms with Crippen LogP contribution < -0.4 is 0 Å². The van der Waals surface area contributed by atoms with Crippen LogP contribution in [0, 0.1) is 13.8 Å². The minimum atomic E-state index is 0.204. The third-order valence-electron chi connectivity index (χ3n) is 6.15. The summed E-state index contributed by atoms with van der Waals surface area (Å²) in [5, 5.41) is 21.6. The third kappa shape index (κ3) is 4.57. The lowest BCUT2D eigenvalue weighted by atomic mass is 9.94. The Balaban J connectivity index is 1.68. The van der Waals surface area contributed by atoms with Crippen molar-refractivity contribution < 1.29 is 10.2 Å². The molecule has 0 aliphatic carbocycles. The molecular weight excluding hydrogens is 578 g/mol. The minimum absolute atomic E-state index is 0.204. The molecule has 5 aromatic rings. The van der Waals surface area contributed by atoms with Crippen molar-refractivity contribution in [1.82, 2.24) is 4.98 Å². The summed E-state index contributed by atoms with van der Waals surface area (Å²) in [6, 6.07) is 29.6. The number of hydrogen-bond acceptors (Lipinski definition) is 3. The van der Waals surface area contributed by atoms with Crippen molar-refractivity contribution in [3.63, 3.8) is 0 Å². The van der Waals surface area contributed by atoms with E-state index in [1.807, 2.05) is 105 Å². The highest BCUT2D eigenvalue weighted by Gasteiger charge is 2.17. The van der Waals surface area contributed by atoms with Gasteiger partial charge in [-0.25, -0.2) is 4.98 Å². The zero-order valence-corrected chi connectivity index (χ0v) is 22.9. The summed E-state index contributed by atoms with van der Waals surface area (Å²) in [7, 11) is 0. The lowest BCUT2D eigenvalue weighted by Gasteiger charge is -2.15. The first-order valence-electron chi connectivity index (χ1n) is 11.5. The summed E-state index contributed by atoms with van der Waals surface area (Å²) in [6.07, 6.45) is 0. The van der Waals surface area contributed by atoms with Crippen molar-refractivity contribution in [2.24, 2.45) is 0 Å². The maximum absolute atomic E-state index is 10.8. The second kappa shape index (κ2) is 9.92. The fourth-order valence-electron chi connectivity index (χ4n) is 4.50. The van der Waals surface area contributed by atoms with Crippen LogP contribution in [0.3, 0.4) is 0 Å². The van der Waals surface area contributed by atoms with Crippen LogP contribution in [0.15, 0.2) is 99.9 Å². The molecule has 5 heteroatoms. The smallest absolute Gasteiger partial charge is 0.137 e. The number of aromatic nitrogens is 1. The summed E-state index contributed by atoms with van der Waals surface area (Å²) >= 11 is 6.95. The number of benzene rings is 4. The first-order chi connectivity index (χ1) is 17.3. The second-order valence-corrected chi connectivity index (χ2v) is 10.5. The van der Waals surface area contributed by atoms with Gasteiger partial charge in [-0.05, 0) is 104 Å². The number of nitrogens with zero attached hydrogens (tertiary/aromatic N) is 1. The number of hydrogen-bond donors (Lipinski definition) is 2. The number of aryl methyl sites for hydroxylation is 2. The normalized spacial score (nSPS) is 11.0. The molecule has 2 N–H and O–H groups in total. The highest BCUT2D eigenvalue weighted by Crippen LogP contribution is 2.43. The Morgan fingerprint density at radius 3 is 1.31 bits per heavy atom. The van der Waals surface area contributed by atoms with Crippen LogP contribution in [0.4, 0.5) is 0 Å². The molecule has 0 fully saturated rings. The van der Waals surface area contributed by atoms with Crippen molar-refractivity contribution in [3.05, 3.63) is 111 Å². The van der Waals surface area contributed by atoms with Gasteiger partial charge in [0.2, 0.25) is 0 Å². The molecule has 0 bridgehead atoms. The number of aromatic hydroxyl groups is 2. The van der Waals surface area contributed by atoms with Crippen molar-refractivity contribution in [2.45, 2.75) is 13.8 Å². The Hall–Kier alpha value is -3.41. The zero-order valence-electron chi connectivity index (χ0n) is 19.8. The number of pyridine rings is 1. The quantitative estimate of drug-likeness (QED) is 0.216. The number of phenols is 2. The SMILES string of the molecule is Cc1cc(Br)c(O)c(-c2ccccc2-c2cccc(-c3ccccc3-c3cc(C)cc(Br)c3O)n2)c1. The van der Waals surface area contributed by atoms with Gasteiger partial charge >= 0.3 is 0 Å². The van der Waals surface area contributed by atoms with Crippen molar-refractivity contribution in [2.75, 3.05) is 0 Å². The fraction of sp³-hybridized carbons (Fsp3) is 0.0645. The van der Waals surface area contributed by atoms with Crippen LogP contribution in [0.25, 0.3) is 44.8 Å². The molecule has 0 amide bonds. The van der Waals surface area contributed by atoms with Crippen molar-refractivity contribution >= 4 is 31.9 Å². The first kappa shape index (κ1) is 24.3. The van der Waals surface area contributed by atoms with Gasteiger partial charge in [-0.3, -0.25) is 0 Å². The van der Waals surface area contributed by atoms with Gasteiger partial charge in [0.1, 0.15) is 11.5 Å². The predicted octanol–water partition coefficient (Wildman–Crippen LogP) is 9.30. The highest BCUT2D eigenvalue weighted by atomic mass is 79.9. The molecule has 0 aliphatic heterocycles. The van der Waals surface area contributed by atoms with Crippen LogP contribution in [0.5, 0.6) is 11.5 Å². The number of phenolic OH excluding ortho intramolecular Hbond substituents is 2. The molecule has 0 atom stereocenters. The van der Waals surface area contributed by atoms with Crippen LogP contribution >= 0.6 is 31.9 Å². The lowest BCUT2D eigenvalue weighted by molar-refractivity contribution is 0.473. The van der Waals surface area contributed by atoms with E-state index in [2.05, 4.69) is 31.9 Å². The molecule has 0 spiro atoms. The third-order valence-corrected chi connectivity index (χ3v) is 7.36. The standard InChI is InChI=1S/C31H23Br2NO2/c1-18-14-24(30(35)26(32)16-18)20-8-3-5-10-22(20)28-12-7-13-29(34-28)23-11-6-4-9-21(23)25-15-19(2)17-27(33)31(25)36/h3-17,35-36H,1-2H3. The summed E-state index contributed by atoms with van der Waals surface area (Å²) < 4.78 is 1.32. The largest absolute Gasteiger partial charge is 0.506 e. The van der Waals surface area contributed by atoms with Gasteiger partial charge in [0.05, 0.1) is 20.3 Å². The van der Waals surface area contributed by atoms with E-state index < -0.39 is 0 Å². The first-order valence-corrected chi connectivity index (χ1v) is 13.1. The number of rotatable bonds is 4. The summed E-state index contributed by atoms with van der Waals surface area (Å²) in [5.41, 5.74) is 8.83. The second-order valence-electron chi connectivity index (χ2n) is 8.79. The zero-order chi connectivity index (χ0) is 25.4. The molecule has 5 rings (SSSR count). The van der Waals surface area contributed by atoms with E-state index in [4.69, 9.17) is 4.98 Å². The molecule has 4 aromatic carbocycles. The molecule has 3 nitrogen and oxygen atoms in total. The van der Waals surface area contributed by atoms with Gasteiger partial charge in [-0.1, -0.05) is 54.6 Å². The van der Waals surface area contributed by atoms with Gasteiger partial charge < -0.3 is 10.2 Å². The average molecular weight is 601 g/mol. The molecule has 0 saturated heterocycles. The molecule has 0 saturated carbocycles. The Labute approximate surface area is 227 Å². The van der Waals surface area contributed by atoms with Gasteiger partial charge in [0.15, 0.2) is 0 Å². The molecule has 178 valence electrons. The molecular formula is C31H23Br2NO2. The van der Waals surface area contributed by atoms with E-state index in [-0.39, 0.29) is 11.5 Å². The molecule has 0 aliphatic rings. The van der Waals surface area contributed by atoms with E-state index in [1.54, 1.807) is 0 Å². The summed E-state index contributed by atoms with van der Waals surface area (Å²) in [5.74, 6) is 0.407. The molecule has 36 heavy (non-hydrogen) atoms. The maximum atomic E-state index is 10.8. The van der Waals surface area contributed by atoms with Crippen LogP contribution in [-0.4, -0.2) is 15.2 Å². The van der Waals surface area contributed by atoms with Gasteiger partial charge in [0, 0.05) is 22.3 Å². The Bertz CT molecular complexity index is 1490. The van der Waals surface area contributed by atoms with Crippen molar-refractivity contribution in [1.29, 1.82) is 0 Å². The summed E-state index contributed by atoms with van der Waals surface area (Å²) in [6.45, 7) is 4.01. The molecule has 1 aromatic heterocycles. The summed E-state index contributed by atoms with van der Waals surface area (Å²) in [4.78, 5) is 5.05. The maximum Gasteiger partial charge on any atom is 0.137 e. The fourth-order valence-corrected chi connectivity index (χ4v) is 5.65. The molecule has 0 radical (unpaired) electrons. The van der Waals surface area contributed by atoms with Crippen molar-refractivity contribution in [3.8, 4) is 56.3 Å². The van der Waals surface area contributed by atoms with Gasteiger partial charge in [-0.2, -0.15) is 0 Å². The minimum Gasteiger partial charge on any atom is -0.506 e. The Kier molecular flexibility index (Phi) is 6.69. The van der Waals surface area contributed by atoms with Crippen LogP contribution in [0.2, 0.25) is 0 Å². The van der Waals surface area contributed by atoms with Gasteiger partial charge in [-0.15, -0.1) is 0 Å². The van der Waals surface area contributed by atoms with E-state index >= 15 is 0 Å². The topological polar surface area (TPSA) is 53.4 Å². The molecule has 0 unspecified atom stereocenters. The monoisotopic (exact) mass is 599 g/mol. The Morgan fingerprint density at radius 2 is 0.889 bits per heavy atom. The van der Waals surface area contributed by atoms with Crippen LogP contribution in [-0.2, 0) is 0 Å². The van der Waals surface area contributed by atoms with E-state index in [1.165, 1.54) is 0 Å². The molecule has 1 heterocycles.